The molecule has 0 spiro atoms. The van der Waals surface area contributed by atoms with Crippen molar-refractivity contribution < 1.29 is 9.53 Å². The fraction of sp³-hybridized carbons (Fsp3) is 0.350. The van der Waals surface area contributed by atoms with Crippen LogP contribution in [0.3, 0.4) is 0 Å². The van der Waals surface area contributed by atoms with E-state index < -0.39 is 5.97 Å². The van der Waals surface area contributed by atoms with Gasteiger partial charge in [0.25, 0.3) is 5.56 Å². The van der Waals surface area contributed by atoms with E-state index in [2.05, 4.69) is 10.1 Å². The fourth-order valence-electron chi connectivity index (χ4n) is 3.29. The first-order valence-electron chi connectivity index (χ1n) is 8.90. The number of benzene rings is 1. The molecule has 0 atom stereocenters. The number of carbonyl (C=O) groups excluding carboxylic acids is 1. The molecule has 1 aromatic carbocycles. The third kappa shape index (κ3) is 2.71. The lowest BCUT2D eigenvalue weighted by Gasteiger charge is -2.06. The van der Waals surface area contributed by atoms with Gasteiger partial charge in [-0.3, -0.25) is 4.79 Å². The number of rotatable bonds is 4. The van der Waals surface area contributed by atoms with E-state index in [1.54, 1.807) is 13.1 Å². The molecule has 0 aliphatic heterocycles. The number of carbonyl (C=O) groups is 1. The Bertz CT molecular complexity index is 1070. The molecule has 6 nitrogen and oxygen atoms in total. The summed E-state index contributed by atoms with van der Waals surface area (Å²) in [5.41, 5.74) is 4.58. The molecule has 1 aliphatic carbocycles. The Balaban J connectivity index is 1.91. The Morgan fingerprint density at radius 3 is 2.73 bits per heavy atom. The number of fused-ring (bicyclic) bond motifs is 1. The first-order valence-corrected chi connectivity index (χ1v) is 8.90. The predicted octanol–water partition coefficient (Wildman–Crippen LogP) is 3.36. The molecule has 2 heterocycles. The van der Waals surface area contributed by atoms with E-state index in [9.17, 15) is 9.59 Å². The molecule has 0 saturated heterocycles. The predicted molar refractivity (Wildman–Crippen MR) is 98.7 cm³/mol. The highest BCUT2D eigenvalue weighted by molar-refractivity contribution is 5.94. The third-order valence-electron chi connectivity index (χ3n) is 4.94. The third-order valence-corrected chi connectivity index (χ3v) is 4.94. The van der Waals surface area contributed by atoms with Gasteiger partial charge < -0.3 is 9.72 Å². The second-order valence-electron chi connectivity index (χ2n) is 6.85. The molecule has 1 saturated carbocycles. The fourth-order valence-corrected chi connectivity index (χ4v) is 3.29. The van der Waals surface area contributed by atoms with Crippen molar-refractivity contribution in [2.75, 3.05) is 6.61 Å². The van der Waals surface area contributed by atoms with Gasteiger partial charge in [0.05, 0.1) is 12.2 Å². The van der Waals surface area contributed by atoms with Gasteiger partial charge in [0.2, 0.25) is 0 Å². The van der Waals surface area contributed by atoms with Crippen molar-refractivity contribution in [3.8, 4) is 11.4 Å². The van der Waals surface area contributed by atoms with Crippen molar-refractivity contribution in [3.05, 3.63) is 57.0 Å². The number of H-pyrrole nitrogens is 1. The number of esters is 1. The second kappa shape index (κ2) is 6.12. The van der Waals surface area contributed by atoms with Crippen molar-refractivity contribution in [1.82, 2.24) is 14.6 Å². The summed E-state index contributed by atoms with van der Waals surface area (Å²) < 4.78 is 6.70. The van der Waals surface area contributed by atoms with Crippen LogP contribution in [0.2, 0.25) is 0 Å². The molecule has 0 radical (unpaired) electrons. The number of aromatic amines is 1. The molecule has 0 bridgehead atoms. The number of aryl methyl sites for hydroxylation is 2. The summed E-state index contributed by atoms with van der Waals surface area (Å²) in [7, 11) is 0. The molecular weight excluding hydrogens is 330 g/mol. The number of aromatic nitrogens is 3. The maximum atomic E-state index is 12.8. The number of nitrogens with one attached hydrogen (secondary N) is 1. The normalized spacial score (nSPS) is 14.0. The van der Waals surface area contributed by atoms with E-state index in [0.717, 1.165) is 29.5 Å². The summed E-state index contributed by atoms with van der Waals surface area (Å²) in [5.74, 6) is 0.320. The molecule has 1 N–H and O–H groups in total. The highest BCUT2D eigenvalue weighted by Crippen LogP contribution is 2.43. The van der Waals surface area contributed by atoms with Gasteiger partial charge in [0.1, 0.15) is 5.52 Å². The molecule has 1 aliphatic rings. The van der Waals surface area contributed by atoms with Crippen LogP contribution in [0.5, 0.6) is 0 Å². The molecule has 0 amide bonds. The van der Waals surface area contributed by atoms with Crippen molar-refractivity contribution in [2.45, 2.75) is 39.5 Å². The van der Waals surface area contributed by atoms with Crippen LogP contribution in [0.15, 0.2) is 29.2 Å². The molecular formula is C20H21N3O3. The van der Waals surface area contributed by atoms with Crippen LogP contribution in [-0.4, -0.2) is 27.2 Å². The van der Waals surface area contributed by atoms with Crippen LogP contribution in [-0.2, 0) is 4.74 Å². The first kappa shape index (κ1) is 16.6. The lowest BCUT2D eigenvalue weighted by Crippen LogP contribution is -2.14. The van der Waals surface area contributed by atoms with Crippen molar-refractivity contribution in [2.24, 2.45) is 0 Å². The molecule has 3 aromatic rings. The van der Waals surface area contributed by atoms with Crippen LogP contribution < -0.4 is 5.56 Å². The molecule has 6 heteroatoms. The zero-order valence-corrected chi connectivity index (χ0v) is 15.1. The summed E-state index contributed by atoms with van der Waals surface area (Å²) in [6.45, 7) is 6.13. The SMILES string of the molecule is CCOC(=O)c1cn2nc(-c3ccc(C)c(C)c3)[nH]c(=O)c2c1C1CC1. The quantitative estimate of drug-likeness (QED) is 0.731. The molecule has 134 valence electrons. The van der Waals surface area contributed by atoms with E-state index in [0.29, 0.717) is 23.5 Å². The van der Waals surface area contributed by atoms with E-state index >= 15 is 0 Å². The first-order chi connectivity index (χ1) is 12.5. The topological polar surface area (TPSA) is 76.5 Å². The maximum absolute atomic E-state index is 12.8. The summed E-state index contributed by atoms with van der Waals surface area (Å²) in [4.78, 5) is 28.0. The van der Waals surface area contributed by atoms with Crippen molar-refractivity contribution >= 4 is 11.5 Å². The minimum absolute atomic E-state index is 0.231. The highest BCUT2D eigenvalue weighted by atomic mass is 16.5. The van der Waals surface area contributed by atoms with Crippen molar-refractivity contribution in [3.63, 3.8) is 0 Å². The average Bonchev–Trinajstić information content (AvgIpc) is 3.37. The van der Waals surface area contributed by atoms with Crippen LogP contribution in [0.25, 0.3) is 16.9 Å². The molecule has 2 aromatic heterocycles. The zero-order valence-electron chi connectivity index (χ0n) is 15.1. The lowest BCUT2D eigenvalue weighted by atomic mass is 10.1. The van der Waals surface area contributed by atoms with Crippen molar-refractivity contribution in [1.29, 1.82) is 0 Å². The Hall–Kier alpha value is -2.89. The molecule has 26 heavy (non-hydrogen) atoms. The van der Waals surface area contributed by atoms with Gasteiger partial charge in [-0.05, 0) is 56.7 Å². The Kier molecular flexibility index (Phi) is 3.90. The lowest BCUT2D eigenvalue weighted by molar-refractivity contribution is 0.0525. The van der Waals surface area contributed by atoms with Gasteiger partial charge in [0, 0.05) is 17.3 Å². The van der Waals surface area contributed by atoms with E-state index in [1.807, 2.05) is 32.0 Å². The summed E-state index contributed by atoms with van der Waals surface area (Å²) >= 11 is 0. The van der Waals surface area contributed by atoms with Gasteiger partial charge in [-0.2, -0.15) is 0 Å². The van der Waals surface area contributed by atoms with Gasteiger partial charge >= 0.3 is 5.97 Å². The number of ether oxygens (including phenoxy) is 1. The Labute approximate surface area is 150 Å². The van der Waals surface area contributed by atoms with Crippen LogP contribution in [0.1, 0.15) is 52.7 Å². The van der Waals surface area contributed by atoms with E-state index in [-0.39, 0.29) is 11.5 Å². The number of nitrogens with zero attached hydrogens (tertiary/aromatic N) is 2. The van der Waals surface area contributed by atoms with Crippen LogP contribution >= 0.6 is 0 Å². The van der Waals surface area contributed by atoms with Crippen LogP contribution in [0.4, 0.5) is 0 Å². The minimum atomic E-state index is -0.396. The van der Waals surface area contributed by atoms with E-state index in [1.165, 1.54) is 10.1 Å². The summed E-state index contributed by atoms with van der Waals surface area (Å²) in [6, 6.07) is 5.94. The van der Waals surface area contributed by atoms with Gasteiger partial charge in [-0.1, -0.05) is 12.1 Å². The standard InChI is InChI=1S/C20H21N3O3/c1-4-26-20(25)15-10-23-17(16(15)13-7-8-13)19(24)21-18(22-23)14-6-5-11(2)12(3)9-14/h5-6,9-10,13H,4,7-8H2,1-3H3,(H,21,22,24). The zero-order chi connectivity index (χ0) is 18.4. The Morgan fingerprint density at radius 1 is 1.31 bits per heavy atom. The minimum Gasteiger partial charge on any atom is -0.462 e. The Morgan fingerprint density at radius 2 is 2.08 bits per heavy atom. The van der Waals surface area contributed by atoms with Crippen LogP contribution in [0, 0.1) is 13.8 Å². The van der Waals surface area contributed by atoms with Gasteiger partial charge in [-0.25, -0.2) is 9.31 Å². The smallest absolute Gasteiger partial charge is 0.340 e. The summed E-state index contributed by atoms with van der Waals surface area (Å²) in [5, 5.41) is 4.56. The molecule has 1 fully saturated rings. The summed E-state index contributed by atoms with van der Waals surface area (Å²) in [6.07, 6.45) is 3.58. The highest BCUT2D eigenvalue weighted by Gasteiger charge is 2.33. The average molecular weight is 351 g/mol. The number of hydrogen-bond donors (Lipinski definition) is 1. The monoisotopic (exact) mass is 351 g/mol. The van der Waals surface area contributed by atoms with Gasteiger partial charge in [0.15, 0.2) is 5.82 Å². The number of hydrogen-bond acceptors (Lipinski definition) is 4. The second-order valence-corrected chi connectivity index (χ2v) is 6.85. The molecule has 0 unspecified atom stereocenters. The maximum Gasteiger partial charge on any atom is 0.340 e. The van der Waals surface area contributed by atoms with Gasteiger partial charge in [-0.15, -0.1) is 5.10 Å². The largest absolute Gasteiger partial charge is 0.462 e. The molecule has 4 rings (SSSR count). The van der Waals surface area contributed by atoms with E-state index in [4.69, 9.17) is 4.74 Å².